The molecule has 0 aromatic carbocycles. The average Bonchev–Trinajstić information content (AvgIpc) is 3.25. The standard InChI is InChI=1S/C20H23N3O2/c24-19(22-10-7-16-12-13-1-2-15(16)11-13)17-3-4-18(23-20(17)25)14-5-8-21-9-6-14/h3-6,8-9,13,15-16H,1-2,7,10-12H2,(H,22,24)(H,23,25)/t13-,15-,16+/m0/s1. The number of rotatable bonds is 5. The maximum absolute atomic E-state index is 12.3. The summed E-state index contributed by atoms with van der Waals surface area (Å²) in [6.07, 6.45) is 9.83. The van der Waals surface area contributed by atoms with Crippen LogP contribution in [0.1, 0.15) is 42.5 Å². The quantitative estimate of drug-likeness (QED) is 0.881. The normalized spacial score (nSPS) is 24.4. The third kappa shape index (κ3) is 3.36. The SMILES string of the molecule is O=C(NCC[C@@H]1C[C@H]2CC[C@H]1C2)c1ccc(-c2ccncc2)[nH]c1=O. The van der Waals surface area contributed by atoms with Gasteiger partial charge in [-0.3, -0.25) is 14.6 Å². The van der Waals surface area contributed by atoms with Crippen LogP contribution in [0.5, 0.6) is 0 Å². The van der Waals surface area contributed by atoms with Crippen molar-refractivity contribution in [3.05, 3.63) is 52.6 Å². The van der Waals surface area contributed by atoms with Crippen LogP contribution in [0.15, 0.2) is 41.5 Å². The van der Waals surface area contributed by atoms with Gasteiger partial charge in [-0.25, -0.2) is 0 Å². The van der Waals surface area contributed by atoms with Crippen molar-refractivity contribution in [3.63, 3.8) is 0 Å². The Morgan fingerprint density at radius 1 is 1.16 bits per heavy atom. The molecule has 0 spiro atoms. The molecule has 2 heterocycles. The maximum atomic E-state index is 12.3. The van der Waals surface area contributed by atoms with Crippen LogP contribution in [-0.4, -0.2) is 22.4 Å². The van der Waals surface area contributed by atoms with Crippen LogP contribution in [0.3, 0.4) is 0 Å². The van der Waals surface area contributed by atoms with Gasteiger partial charge in [0.25, 0.3) is 11.5 Å². The molecule has 2 aliphatic carbocycles. The summed E-state index contributed by atoms with van der Waals surface area (Å²) in [6, 6.07) is 7.00. The molecule has 2 saturated carbocycles. The summed E-state index contributed by atoms with van der Waals surface area (Å²) in [6.45, 7) is 0.651. The number of fused-ring (bicyclic) bond motifs is 2. The monoisotopic (exact) mass is 337 g/mol. The van der Waals surface area contributed by atoms with Crippen LogP contribution in [0, 0.1) is 17.8 Å². The van der Waals surface area contributed by atoms with E-state index in [4.69, 9.17) is 0 Å². The van der Waals surface area contributed by atoms with E-state index in [2.05, 4.69) is 15.3 Å². The Morgan fingerprint density at radius 2 is 2.00 bits per heavy atom. The molecule has 2 aliphatic rings. The Hall–Kier alpha value is -2.43. The Balaban J connectivity index is 1.36. The fraction of sp³-hybridized carbons (Fsp3) is 0.450. The number of pyridine rings is 2. The van der Waals surface area contributed by atoms with Crippen molar-refractivity contribution in [2.24, 2.45) is 17.8 Å². The first-order chi connectivity index (χ1) is 12.2. The fourth-order valence-electron chi connectivity index (χ4n) is 4.55. The minimum atomic E-state index is -0.355. The molecule has 4 rings (SSSR count). The highest BCUT2D eigenvalue weighted by Crippen LogP contribution is 2.49. The largest absolute Gasteiger partial charge is 0.352 e. The van der Waals surface area contributed by atoms with Crippen LogP contribution < -0.4 is 10.9 Å². The molecule has 25 heavy (non-hydrogen) atoms. The summed E-state index contributed by atoms with van der Waals surface area (Å²) in [7, 11) is 0. The molecular weight excluding hydrogens is 314 g/mol. The summed E-state index contributed by atoms with van der Waals surface area (Å²) in [5.74, 6) is 2.26. The number of aromatic amines is 1. The number of amides is 1. The molecule has 2 aromatic heterocycles. The Bertz CT molecular complexity index is 815. The number of carbonyl (C=O) groups is 1. The van der Waals surface area contributed by atoms with E-state index in [-0.39, 0.29) is 17.0 Å². The molecule has 2 aromatic rings. The second kappa shape index (κ2) is 6.82. The molecule has 3 atom stereocenters. The van der Waals surface area contributed by atoms with Crippen molar-refractivity contribution in [2.45, 2.75) is 32.1 Å². The van der Waals surface area contributed by atoms with Gasteiger partial charge in [-0.15, -0.1) is 0 Å². The van der Waals surface area contributed by atoms with Gasteiger partial charge in [0, 0.05) is 30.2 Å². The molecule has 2 N–H and O–H groups in total. The van der Waals surface area contributed by atoms with Crippen LogP contribution in [-0.2, 0) is 0 Å². The predicted octanol–water partition coefficient (Wildman–Crippen LogP) is 2.99. The van der Waals surface area contributed by atoms with E-state index in [9.17, 15) is 9.59 Å². The number of nitrogens with zero attached hydrogens (tertiary/aromatic N) is 1. The minimum absolute atomic E-state index is 0.172. The maximum Gasteiger partial charge on any atom is 0.261 e. The van der Waals surface area contributed by atoms with Crippen molar-refractivity contribution < 1.29 is 4.79 Å². The fourth-order valence-corrected chi connectivity index (χ4v) is 4.55. The molecular formula is C20H23N3O2. The second-order valence-electron chi connectivity index (χ2n) is 7.33. The lowest BCUT2D eigenvalue weighted by Gasteiger charge is -2.21. The van der Waals surface area contributed by atoms with Crippen molar-refractivity contribution in [2.75, 3.05) is 6.54 Å². The zero-order chi connectivity index (χ0) is 17.2. The second-order valence-corrected chi connectivity index (χ2v) is 7.33. The zero-order valence-corrected chi connectivity index (χ0v) is 14.2. The summed E-state index contributed by atoms with van der Waals surface area (Å²) in [5, 5.41) is 2.92. The topological polar surface area (TPSA) is 74.8 Å². The molecule has 5 nitrogen and oxygen atoms in total. The Labute approximate surface area is 146 Å². The van der Waals surface area contributed by atoms with E-state index in [0.717, 1.165) is 29.7 Å². The van der Waals surface area contributed by atoms with E-state index in [1.54, 1.807) is 24.5 Å². The first kappa shape index (κ1) is 16.1. The van der Waals surface area contributed by atoms with Gasteiger partial charge in [-0.2, -0.15) is 0 Å². The summed E-state index contributed by atoms with van der Waals surface area (Å²) >= 11 is 0. The van der Waals surface area contributed by atoms with Crippen molar-refractivity contribution in [1.82, 2.24) is 15.3 Å². The van der Waals surface area contributed by atoms with Gasteiger partial charge in [0.15, 0.2) is 0 Å². The molecule has 2 fully saturated rings. The van der Waals surface area contributed by atoms with Crippen LogP contribution in [0.4, 0.5) is 0 Å². The van der Waals surface area contributed by atoms with Gasteiger partial charge in [0.2, 0.25) is 0 Å². The first-order valence-electron chi connectivity index (χ1n) is 9.12. The van der Waals surface area contributed by atoms with Crippen molar-refractivity contribution in [1.29, 1.82) is 0 Å². The molecule has 0 saturated heterocycles. The zero-order valence-electron chi connectivity index (χ0n) is 14.2. The van der Waals surface area contributed by atoms with Gasteiger partial charge < -0.3 is 10.3 Å². The van der Waals surface area contributed by atoms with Gasteiger partial charge in [0.1, 0.15) is 5.56 Å². The van der Waals surface area contributed by atoms with E-state index in [0.29, 0.717) is 12.2 Å². The molecule has 0 unspecified atom stereocenters. The number of hydrogen-bond donors (Lipinski definition) is 2. The van der Waals surface area contributed by atoms with Crippen LogP contribution in [0.25, 0.3) is 11.3 Å². The molecule has 0 radical (unpaired) electrons. The Morgan fingerprint density at radius 3 is 2.68 bits per heavy atom. The van der Waals surface area contributed by atoms with Gasteiger partial charge >= 0.3 is 0 Å². The number of carbonyl (C=O) groups excluding carboxylic acids is 1. The highest BCUT2D eigenvalue weighted by molar-refractivity contribution is 5.94. The molecule has 2 bridgehead atoms. The summed E-state index contributed by atoms with van der Waals surface area (Å²) in [4.78, 5) is 31.3. The minimum Gasteiger partial charge on any atom is -0.352 e. The predicted molar refractivity (Wildman–Crippen MR) is 96.2 cm³/mol. The van der Waals surface area contributed by atoms with Gasteiger partial charge in [-0.05, 0) is 67.7 Å². The third-order valence-electron chi connectivity index (χ3n) is 5.83. The van der Waals surface area contributed by atoms with E-state index in [1.807, 2.05) is 12.1 Å². The van der Waals surface area contributed by atoms with E-state index in [1.165, 1.54) is 25.7 Å². The van der Waals surface area contributed by atoms with Gasteiger partial charge in [-0.1, -0.05) is 6.42 Å². The highest BCUT2D eigenvalue weighted by Gasteiger charge is 2.38. The first-order valence-corrected chi connectivity index (χ1v) is 9.12. The lowest BCUT2D eigenvalue weighted by atomic mass is 9.86. The van der Waals surface area contributed by atoms with E-state index >= 15 is 0 Å². The number of nitrogens with one attached hydrogen (secondary N) is 2. The molecule has 0 aliphatic heterocycles. The summed E-state index contributed by atoms with van der Waals surface area (Å²) in [5.41, 5.74) is 1.37. The molecule has 5 heteroatoms. The third-order valence-corrected chi connectivity index (χ3v) is 5.83. The number of H-pyrrole nitrogens is 1. The number of hydrogen-bond acceptors (Lipinski definition) is 3. The average molecular weight is 337 g/mol. The smallest absolute Gasteiger partial charge is 0.261 e. The summed E-state index contributed by atoms with van der Waals surface area (Å²) < 4.78 is 0. The lowest BCUT2D eigenvalue weighted by molar-refractivity contribution is 0.0948. The van der Waals surface area contributed by atoms with Crippen LogP contribution >= 0.6 is 0 Å². The van der Waals surface area contributed by atoms with Crippen LogP contribution in [0.2, 0.25) is 0 Å². The lowest BCUT2D eigenvalue weighted by Crippen LogP contribution is -2.31. The van der Waals surface area contributed by atoms with Crippen molar-refractivity contribution >= 4 is 5.91 Å². The van der Waals surface area contributed by atoms with Crippen molar-refractivity contribution in [3.8, 4) is 11.3 Å². The highest BCUT2D eigenvalue weighted by atomic mass is 16.2. The molecule has 130 valence electrons. The van der Waals surface area contributed by atoms with E-state index < -0.39 is 0 Å². The molecule has 1 amide bonds. The van der Waals surface area contributed by atoms with Gasteiger partial charge in [0.05, 0.1) is 0 Å². The number of aromatic nitrogens is 2. The Kier molecular flexibility index (Phi) is 4.38.